The van der Waals surface area contributed by atoms with E-state index < -0.39 is 0 Å². The fourth-order valence-corrected chi connectivity index (χ4v) is 3.00. The van der Waals surface area contributed by atoms with E-state index in [0.717, 1.165) is 24.9 Å². The Morgan fingerprint density at radius 1 is 1.38 bits per heavy atom. The van der Waals surface area contributed by atoms with Crippen molar-refractivity contribution in [3.63, 3.8) is 0 Å². The normalized spacial score (nSPS) is 16.4. The van der Waals surface area contributed by atoms with Crippen LogP contribution in [0.2, 0.25) is 0 Å². The number of carbonyl (C=O) groups excluding carboxylic acids is 1. The van der Waals surface area contributed by atoms with Gasteiger partial charge in [-0.15, -0.1) is 0 Å². The number of nitrogen functional groups attached to an aromatic ring is 1. The number of carbonyl (C=O) groups is 1. The van der Waals surface area contributed by atoms with E-state index in [1.165, 1.54) is 0 Å². The lowest BCUT2D eigenvalue weighted by atomic mass is 9.99. The lowest BCUT2D eigenvalue weighted by Crippen LogP contribution is -2.20. The number of rotatable bonds is 3. The fourth-order valence-electron chi connectivity index (χ4n) is 3.00. The van der Waals surface area contributed by atoms with Crippen molar-refractivity contribution in [1.82, 2.24) is 9.88 Å². The summed E-state index contributed by atoms with van der Waals surface area (Å²) in [4.78, 5) is 18.7. The second-order valence-electron chi connectivity index (χ2n) is 5.73. The van der Waals surface area contributed by atoms with E-state index in [2.05, 4.69) is 27.2 Å². The standard InChI is InChI=1S/C19H20N4O/c1-2-11-23-12-5-6-17(23)15-13-14(8-9-16(15)20)19(24)22-18-7-3-4-10-21-18/h3-4,7-10,13,17H,5-6,12,20H2,1H3,(H,21,22,24)/t17-/m0/s1. The van der Waals surface area contributed by atoms with Crippen molar-refractivity contribution in [1.29, 1.82) is 0 Å². The SMILES string of the molecule is CC#CN1CCC[C@H]1c1cc(C(=O)Nc2ccccn2)ccc1N. The fraction of sp³-hybridized carbons (Fsp3) is 0.263. The summed E-state index contributed by atoms with van der Waals surface area (Å²) in [6.45, 7) is 2.75. The average molecular weight is 320 g/mol. The van der Waals surface area contributed by atoms with Crippen LogP contribution in [0.3, 0.4) is 0 Å². The van der Waals surface area contributed by atoms with Crippen molar-refractivity contribution in [2.75, 3.05) is 17.6 Å². The maximum absolute atomic E-state index is 12.5. The zero-order valence-electron chi connectivity index (χ0n) is 13.6. The summed E-state index contributed by atoms with van der Waals surface area (Å²) in [6.07, 6.45) is 3.71. The number of hydrogen-bond donors (Lipinski definition) is 2. The lowest BCUT2D eigenvalue weighted by Gasteiger charge is -2.22. The van der Waals surface area contributed by atoms with Gasteiger partial charge in [0.2, 0.25) is 0 Å². The number of amides is 1. The molecule has 0 aliphatic carbocycles. The third-order valence-corrected chi connectivity index (χ3v) is 4.12. The van der Waals surface area contributed by atoms with Gasteiger partial charge in [-0.05, 0) is 55.7 Å². The van der Waals surface area contributed by atoms with E-state index in [1.807, 2.05) is 19.1 Å². The monoisotopic (exact) mass is 320 g/mol. The van der Waals surface area contributed by atoms with Gasteiger partial charge in [0, 0.05) is 30.0 Å². The molecule has 5 nitrogen and oxygen atoms in total. The molecule has 24 heavy (non-hydrogen) atoms. The van der Waals surface area contributed by atoms with Gasteiger partial charge in [-0.2, -0.15) is 0 Å². The Kier molecular flexibility index (Phi) is 4.66. The summed E-state index contributed by atoms with van der Waals surface area (Å²) < 4.78 is 0. The average Bonchev–Trinajstić information content (AvgIpc) is 3.04. The molecule has 1 aliphatic rings. The Balaban J connectivity index is 1.85. The van der Waals surface area contributed by atoms with Crippen molar-refractivity contribution < 1.29 is 4.79 Å². The second kappa shape index (κ2) is 7.05. The predicted molar refractivity (Wildman–Crippen MR) is 95.2 cm³/mol. The maximum Gasteiger partial charge on any atom is 0.256 e. The van der Waals surface area contributed by atoms with Gasteiger partial charge in [0.05, 0.1) is 6.04 Å². The molecule has 1 aromatic heterocycles. The largest absolute Gasteiger partial charge is 0.398 e. The molecule has 0 radical (unpaired) electrons. The van der Waals surface area contributed by atoms with E-state index in [-0.39, 0.29) is 11.9 Å². The predicted octanol–water partition coefficient (Wildman–Crippen LogP) is 3.03. The summed E-state index contributed by atoms with van der Waals surface area (Å²) >= 11 is 0. The number of nitrogens with zero attached hydrogens (tertiary/aromatic N) is 2. The molecule has 1 atom stereocenters. The van der Waals surface area contributed by atoms with Crippen LogP contribution in [-0.2, 0) is 0 Å². The highest BCUT2D eigenvalue weighted by atomic mass is 16.1. The molecule has 2 aromatic rings. The Hall–Kier alpha value is -3.00. The van der Waals surface area contributed by atoms with E-state index in [0.29, 0.717) is 17.1 Å². The van der Waals surface area contributed by atoms with E-state index >= 15 is 0 Å². The smallest absolute Gasteiger partial charge is 0.256 e. The molecule has 0 saturated carbocycles. The molecule has 1 aliphatic heterocycles. The van der Waals surface area contributed by atoms with Crippen LogP contribution in [0.15, 0.2) is 42.6 Å². The number of pyridine rings is 1. The second-order valence-corrected chi connectivity index (χ2v) is 5.73. The Morgan fingerprint density at radius 3 is 3.00 bits per heavy atom. The minimum atomic E-state index is -0.193. The first-order chi connectivity index (χ1) is 11.7. The van der Waals surface area contributed by atoms with Crippen molar-refractivity contribution in [2.24, 2.45) is 0 Å². The third-order valence-electron chi connectivity index (χ3n) is 4.12. The van der Waals surface area contributed by atoms with Gasteiger partial charge >= 0.3 is 0 Å². The van der Waals surface area contributed by atoms with Crippen LogP contribution < -0.4 is 11.1 Å². The first kappa shape index (κ1) is 15.9. The highest BCUT2D eigenvalue weighted by molar-refractivity contribution is 6.04. The molecule has 1 amide bonds. The van der Waals surface area contributed by atoms with Gasteiger partial charge < -0.3 is 16.0 Å². The van der Waals surface area contributed by atoms with Crippen molar-refractivity contribution in [2.45, 2.75) is 25.8 Å². The maximum atomic E-state index is 12.5. The number of nitrogens with one attached hydrogen (secondary N) is 1. The van der Waals surface area contributed by atoms with Crippen molar-refractivity contribution in [3.05, 3.63) is 53.7 Å². The number of anilines is 2. The zero-order chi connectivity index (χ0) is 16.9. The highest BCUT2D eigenvalue weighted by Gasteiger charge is 2.26. The van der Waals surface area contributed by atoms with Gasteiger partial charge in [-0.1, -0.05) is 12.0 Å². The molecule has 3 rings (SSSR count). The van der Waals surface area contributed by atoms with Gasteiger partial charge in [-0.25, -0.2) is 4.98 Å². The van der Waals surface area contributed by atoms with Crippen LogP contribution >= 0.6 is 0 Å². The van der Waals surface area contributed by atoms with Crippen LogP contribution in [0.1, 0.15) is 41.7 Å². The minimum absolute atomic E-state index is 0.139. The molecule has 0 bridgehead atoms. The van der Waals surface area contributed by atoms with Crippen molar-refractivity contribution in [3.8, 4) is 12.0 Å². The van der Waals surface area contributed by atoms with Crippen LogP contribution in [0.4, 0.5) is 11.5 Å². The molecule has 5 heteroatoms. The van der Waals surface area contributed by atoms with Crippen LogP contribution in [0.25, 0.3) is 0 Å². The Bertz CT molecular complexity index is 792. The van der Waals surface area contributed by atoms with Crippen LogP contribution in [-0.4, -0.2) is 22.3 Å². The molecular formula is C19H20N4O. The highest BCUT2D eigenvalue weighted by Crippen LogP contribution is 2.35. The topological polar surface area (TPSA) is 71.2 Å². The van der Waals surface area contributed by atoms with E-state index in [9.17, 15) is 4.79 Å². The minimum Gasteiger partial charge on any atom is -0.398 e. The summed E-state index contributed by atoms with van der Waals surface area (Å²) in [6, 6.07) is 14.1. The number of nitrogens with two attached hydrogens (primary N) is 1. The molecule has 1 aromatic carbocycles. The van der Waals surface area contributed by atoms with Crippen LogP contribution in [0.5, 0.6) is 0 Å². The van der Waals surface area contributed by atoms with Gasteiger partial charge in [0.1, 0.15) is 5.82 Å². The number of likely N-dealkylation sites (tertiary alicyclic amines) is 1. The van der Waals surface area contributed by atoms with Gasteiger partial charge in [-0.3, -0.25) is 4.79 Å². The number of hydrogen-bond acceptors (Lipinski definition) is 4. The molecule has 122 valence electrons. The number of aromatic nitrogens is 1. The Labute approximate surface area is 141 Å². The van der Waals surface area contributed by atoms with Crippen LogP contribution in [0, 0.1) is 12.0 Å². The zero-order valence-corrected chi connectivity index (χ0v) is 13.6. The first-order valence-electron chi connectivity index (χ1n) is 8.00. The molecule has 0 spiro atoms. The van der Waals surface area contributed by atoms with Gasteiger partial charge in [0.25, 0.3) is 5.91 Å². The number of benzene rings is 1. The summed E-state index contributed by atoms with van der Waals surface area (Å²) in [5, 5.41) is 2.80. The summed E-state index contributed by atoms with van der Waals surface area (Å²) in [5.74, 6) is 3.28. The first-order valence-corrected chi connectivity index (χ1v) is 8.00. The van der Waals surface area contributed by atoms with Gasteiger partial charge in [0.15, 0.2) is 0 Å². The molecule has 3 N–H and O–H groups in total. The molecule has 1 fully saturated rings. The summed E-state index contributed by atoms with van der Waals surface area (Å²) in [7, 11) is 0. The summed E-state index contributed by atoms with van der Waals surface area (Å²) in [5.41, 5.74) is 8.39. The lowest BCUT2D eigenvalue weighted by molar-refractivity contribution is 0.102. The molecular weight excluding hydrogens is 300 g/mol. The van der Waals surface area contributed by atoms with E-state index in [1.54, 1.807) is 30.5 Å². The molecule has 2 heterocycles. The third kappa shape index (κ3) is 3.33. The Morgan fingerprint density at radius 2 is 2.25 bits per heavy atom. The quantitative estimate of drug-likeness (QED) is 0.673. The molecule has 0 unspecified atom stereocenters. The van der Waals surface area contributed by atoms with E-state index in [4.69, 9.17) is 5.73 Å². The molecule has 1 saturated heterocycles. The van der Waals surface area contributed by atoms with Crippen molar-refractivity contribution >= 4 is 17.4 Å².